The van der Waals surface area contributed by atoms with Gasteiger partial charge in [-0.3, -0.25) is 4.79 Å². The molecule has 1 aromatic carbocycles. The first-order chi connectivity index (χ1) is 8.29. The highest BCUT2D eigenvalue weighted by molar-refractivity contribution is 8.01. The van der Waals surface area contributed by atoms with Gasteiger partial charge in [0.25, 0.3) is 0 Å². The predicted octanol–water partition coefficient (Wildman–Crippen LogP) is 3.73. The van der Waals surface area contributed by atoms with Crippen LogP contribution in [-0.4, -0.2) is 18.6 Å². The molecule has 1 heterocycles. The van der Waals surface area contributed by atoms with E-state index in [0.29, 0.717) is 5.75 Å². The zero-order chi connectivity index (χ0) is 12.1. The summed E-state index contributed by atoms with van der Waals surface area (Å²) >= 11 is 3.23. The van der Waals surface area contributed by atoms with Crippen molar-refractivity contribution in [2.45, 2.75) is 4.21 Å². The Morgan fingerprint density at radius 3 is 2.65 bits per heavy atom. The van der Waals surface area contributed by atoms with E-state index in [0.717, 1.165) is 11.3 Å². The van der Waals surface area contributed by atoms with E-state index in [-0.39, 0.29) is 5.78 Å². The van der Waals surface area contributed by atoms with Crippen LogP contribution in [0.25, 0.3) is 0 Å². The van der Waals surface area contributed by atoms with E-state index in [1.807, 2.05) is 29.6 Å². The van der Waals surface area contributed by atoms with Crippen molar-refractivity contribution in [2.24, 2.45) is 0 Å². The average molecular weight is 264 g/mol. The van der Waals surface area contributed by atoms with E-state index in [2.05, 4.69) is 0 Å². The first kappa shape index (κ1) is 12.2. The van der Waals surface area contributed by atoms with Gasteiger partial charge in [-0.25, -0.2) is 0 Å². The number of benzene rings is 1. The summed E-state index contributed by atoms with van der Waals surface area (Å²) in [7, 11) is 1.61. The summed E-state index contributed by atoms with van der Waals surface area (Å²) in [6.07, 6.45) is 0. The van der Waals surface area contributed by atoms with Crippen molar-refractivity contribution in [1.29, 1.82) is 0 Å². The second-order valence-electron chi connectivity index (χ2n) is 3.37. The smallest absolute Gasteiger partial charge is 0.173 e. The largest absolute Gasteiger partial charge is 0.497 e. The molecule has 2 aromatic rings. The number of carbonyl (C=O) groups is 1. The van der Waals surface area contributed by atoms with Crippen molar-refractivity contribution in [1.82, 2.24) is 0 Å². The fourth-order valence-electron chi connectivity index (χ4n) is 1.34. The highest BCUT2D eigenvalue weighted by Gasteiger charge is 2.07. The second-order valence-corrected chi connectivity index (χ2v) is 5.60. The Morgan fingerprint density at radius 2 is 2.06 bits per heavy atom. The summed E-state index contributed by atoms with van der Waals surface area (Å²) in [6, 6.07) is 11.2. The van der Waals surface area contributed by atoms with Crippen molar-refractivity contribution in [3.05, 3.63) is 47.3 Å². The molecule has 0 aliphatic carbocycles. The third kappa shape index (κ3) is 3.35. The lowest BCUT2D eigenvalue weighted by Crippen LogP contribution is -2.01. The average Bonchev–Trinajstić information content (AvgIpc) is 2.89. The van der Waals surface area contributed by atoms with E-state index < -0.39 is 0 Å². The highest BCUT2D eigenvalue weighted by Crippen LogP contribution is 2.24. The molecule has 1 aromatic heterocycles. The molecule has 0 atom stereocenters. The van der Waals surface area contributed by atoms with Crippen LogP contribution in [-0.2, 0) is 0 Å². The van der Waals surface area contributed by atoms with Crippen molar-refractivity contribution in [2.75, 3.05) is 12.9 Å². The molecule has 0 saturated heterocycles. The van der Waals surface area contributed by atoms with Gasteiger partial charge in [-0.1, -0.05) is 6.07 Å². The number of hydrogen-bond acceptors (Lipinski definition) is 4. The maximum atomic E-state index is 11.9. The van der Waals surface area contributed by atoms with Crippen LogP contribution in [0.4, 0.5) is 0 Å². The van der Waals surface area contributed by atoms with Gasteiger partial charge in [-0.15, -0.1) is 23.1 Å². The Labute approximate surface area is 109 Å². The van der Waals surface area contributed by atoms with Gasteiger partial charge in [0.2, 0.25) is 0 Å². The third-order valence-corrected chi connectivity index (χ3v) is 4.38. The SMILES string of the molecule is COc1ccc(C(=O)CSc2cccs2)cc1. The highest BCUT2D eigenvalue weighted by atomic mass is 32.2. The molecule has 0 bridgehead atoms. The molecule has 0 amide bonds. The molecule has 0 unspecified atom stereocenters. The fourth-order valence-corrected chi connectivity index (χ4v) is 3.02. The lowest BCUT2D eigenvalue weighted by Gasteiger charge is -2.02. The number of methoxy groups -OCH3 is 1. The molecule has 0 radical (unpaired) electrons. The van der Waals surface area contributed by atoms with E-state index in [4.69, 9.17) is 4.74 Å². The molecule has 2 rings (SSSR count). The maximum absolute atomic E-state index is 11.9. The number of hydrogen-bond donors (Lipinski definition) is 0. The standard InChI is InChI=1S/C13H12O2S2/c1-15-11-6-4-10(5-7-11)12(14)9-17-13-3-2-8-16-13/h2-8H,9H2,1H3. The Hall–Kier alpha value is -1.26. The van der Waals surface area contributed by atoms with E-state index in [9.17, 15) is 4.79 Å². The minimum Gasteiger partial charge on any atom is -0.497 e. The first-order valence-electron chi connectivity index (χ1n) is 5.13. The Bertz CT molecular complexity index is 475. The first-order valence-corrected chi connectivity index (χ1v) is 6.99. The number of ether oxygens (including phenoxy) is 1. The van der Waals surface area contributed by atoms with E-state index >= 15 is 0 Å². The van der Waals surface area contributed by atoms with Gasteiger partial charge in [-0.05, 0) is 35.7 Å². The number of thioether (sulfide) groups is 1. The summed E-state index contributed by atoms with van der Waals surface area (Å²) < 4.78 is 6.23. The summed E-state index contributed by atoms with van der Waals surface area (Å²) in [6.45, 7) is 0. The van der Waals surface area contributed by atoms with E-state index in [1.54, 1.807) is 42.3 Å². The van der Waals surface area contributed by atoms with Gasteiger partial charge in [0.15, 0.2) is 5.78 Å². The summed E-state index contributed by atoms with van der Waals surface area (Å²) in [4.78, 5) is 11.9. The number of carbonyl (C=O) groups excluding carboxylic acids is 1. The summed E-state index contributed by atoms with van der Waals surface area (Å²) in [5.74, 6) is 1.39. The fraction of sp³-hybridized carbons (Fsp3) is 0.154. The zero-order valence-electron chi connectivity index (χ0n) is 9.38. The summed E-state index contributed by atoms with van der Waals surface area (Å²) in [5.41, 5.74) is 0.731. The van der Waals surface area contributed by atoms with Crippen molar-refractivity contribution >= 4 is 28.9 Å². The summed E-state index contributed by atoms with van der Waals surface area (Å²) in [5, 5.41) is 2.01. The molecule has 0 spiro atoms. The molecule has 2 nitrogen and oxygen atoms in total. The Balaban J connectivity index is 1.95. The molecule has 17 heavy (non-hydrogen) atoms. The Morgan fingerprint density at radius 1 is 1.29 bits per heavy atom. The monoisotopic (exact) mass is 264 g/mol. The van der Waals surface area contributed by atoms with Crippen LogP contribution in [0.15, 0.2) is 46.0 Å². The number of ketones is 1. The predicted molar refractivity (Wildman–Crippen MR) is 72.4 cm³/mol. The van der Waals surface area contributed by atoms with Gasteiger partial charge in [0.05, 0.1) is 17.1 Å². The quantitative estimate of drug-likeness (QED) is 0.608. The van der Waals surface area contributed by atoms with Crippen molar-refractivity contribution in [3.8, 4) is 5.75 Å². The van der Waals surface area contributed by atoms with Crippen LogP contribution in [0, 0.1) is 0 Å². The van der Waals surface area contributed by atoms with Crippen LogP contribution >= 0.6 is 23.1 Å². The molecule has 0 fully saturated rings. The molecule has 0 aliphatic rings. The van der Waals surface area contributed by atoms with Crippen LogP contribution in [0.1, 0.15) is 10.4 Å². The van der Waals surface area contributed by atoms with Crippen LogP contribution < -0.4 is 4.74 Å². The molecular formula is C13H12O2S2. The van der Waals surface area contributed by atoms with Gasteiger partial charge < -0.3 is 4.74 Å². The van der Waals surface area contributed by atoms with E-state index in [1.165, 1.54) is 4.21 Å². The van der Waals surface area contributed by atoms with Crippen LogP contribution in [0.5, 0.6) is 5.75 Å². The molecule has 0 aliphatic heterocycles. The maximum Gasteiger partial charge on any atom is 0.173 e. The van der Waals surface area contributed by atoms with Crippen molar-refractivity contribution in [3.63, 3.8) is 0 Å². The normalized spacial score (nSPS) is 10.2. The second kappa shape index (κ2) is 5.89. The lowest BCUT2D eigenvalue weighted by atomic mass is 10.1. The number of rotatable bonds is 5. The van der Waals surface area contributed by atoms with Crippen LogP contribution in [0.3, 0.4) is 0 Å². The zero-order valence-corrected chi connectivity index (χ0v) is 11.0. The molecule has 0 N–H and O–H groups in total. The van der Waals surface area contributed by atoms with Gasteiger partial charge in [0, 0.05) is 5.56 Å². The number of Topliss-reactive ketones (excluding diaryl/α,β-unsaturated/α-hetero) is 1. The molecular weight excluding hydrogens is 252 g/mol. The third-order valence-electron chi connectivity index (χ3n) is 2.25. The molecule has 4 heteroatoms. The van der Waals surface area contributed by atoms with Crippen LogP contribution in [0.2, 0.25) is 0 Å². The molecule has 0 saturated carbocycles. The van der Waals surface area contributed by atoms with Gasteiger partial charge >= 0.3 is 0 Å². The topological polar surface area (TPSA) is 26.3 Å². The van der Waals surface area contributed by atoms with Gasteiger partial charge in [0.1, 0.15) is 5.75 Å². The Kier molecular flexibility index (Phi) is 4.23. The number of thiophene rings is 1. The minimum atomic E-state index is 0.144. The van der Waals surface area contributed by atoms with Gasteiger partial charge in [-0.2, -0.15) is 0 Å². The van der Waals surface area contributed by atoms with Crippen molar-refractivity contribution < 1.29 is 9.53 Å². The molecule has 88 valence electrons. The lowest BCUT2D eigenvalue weighted by molar-refractivity contribution is 0.102. The minimum absolute atomic E-state index is 0.144.